The van der Waals surface area contributed by atoms with E-state index in [-0.39, 0.29) is 12.5 Å². The van der Waals surface area contributed by atoms with Crippen LogP contribution in [0.15, 0.2) is 24.3 Å². The van der Waals surface area contributed by atoms with Gasteiger partial charge in [-0.2, -0.15) is 0 Å². The minimum atomic E-state index is -0.985. The van der Waals surface area contributed by atoms with E-state index in [0.717, 1.165) is 11.1 Å². The molecule has 0 radical (unpaired) electrons. The second-order valence-corrected chi connectivity index (χ2v) is 4.05. The SMILES string of the molecule is NCC(=O)N1Cc2ccccc2C[C@H]1C(=O)O. The van der Waals surface area contributed by atoms with Gasteiger partial charge in [0, 0.05) is 13.0 Å². The molecule has 90 valence electrons. The van der Waals surface area contributed by atoms with Crippen LogP contribution in [0.1, 0.15) is 11.1 Å². The lowest BCUT2D eigenvalue weighted by molar-refractivity contribution is -0.150. The smallest absolute Gasteiger partial charge is 0.326 e. The summed E-state index contributed by atoms with van der Waals surface area (Å²) in [6, 6.07) is 6.75. The molecule has 1 aliphatic heterocycles. The molecule has 17 heavy (non-hydrogen) atoms. The molecule has 0 aromatic heterocycles. The Morgan fingerprint density at radius 1 is 1.35 bits per heavy atom. The van der Waals surface area contributed by atoms with Gasteiger partial charge in [0.2, 0.25) is 5.91 Å². The van der Waals surface area contributed by atoms with Crippen molar-refractivity contribution in [2.75, 3.05) is 6.54 Å². The maximum atomic E-state index is 11.6. The van der Waals surface area contributed by atoms with E-state index in [4.69, 9.17) is 10.8 Å². The molecular weight excluding hydrogens is 220 g/mol. The Balaban J connectivity index is 2.34. The Bertz CT molecular complexity index is 459. The van der Waals surface area contributed by atoms with E-state index in [1.807, 2.05) is 24.3 Å². The first-order valence-electron chi connectivity index (χ1n) is 5.42. The van der Waals surface area contributed by atoms with Crippen LogP contribution in [0.5, 0.6) is 0 Å². The highest BCUT2D eigenvalue weighted by atomic mass is 16.4. The van der Waals surface area contributed by atoms with E-state index in [1.165, 1.54) is 4.90 Å². The van der Waals surface area contributed by atoms with Crippen molar-refractivity contribution >= 4 is 11.9 Å². The summed E-state index contributed by atoms with van der Waals surface area (Å²) >= 11 is 0. The van der Waals surface area contributed by atoms with E-state index in [0.29, 0.717) is 13.0 Å². The number of aliphatic carboxylic acids is 1. The van der Waals surface area contributed by atoms with Crippen molar-refractivity contribution in [1.82, 2.24) is 4.90 Å². The largest absolute Gasteiger partial charge is 0.480 e. The van der Waals surface area contributed by atoms with Crippen molar-refractivity contribution < 1.29 is 14.7 Å². The van der Waals surface area contributed by atoms with Gasteiger partial charge in [0.15, 0.2) is 0 Å². The number of carbonyl (C=O) groups excluding carboxylic acids is 1. The molecule has 1 atom stereocenters. The van der Waals surface area contributed by atoms with Crippen LogP contribution >= 0.6 is 0 Å². The second kappa shape index (κ2) is 4.55. The topological polar surface area (TPSA) is 83.6 Å². The third kappa shape index (κ3) is 2.14. The number of fused-ring (bicyclic) bond motifs is 1. The van der Waals surface area contributed by atoms with Gasteiger partial charge in [-0.25, -0.2) is 4.79 Å². The number of hydrogen-bond donors (Lipinski definition) is 2. The minimum absolute atomic E-state index is 0.161. The van der Waals surface area contributed by atoms with Gasteiger partial charge in [-0.05, 0) is 11.1 Å². The maximum Gasteiger partial charge on any atom is 0.326 e. The number of carboxylic acids is 1. The third-order valence-corrected chi connectivity index (χ3v) is 3.03. The molecule has 5 nitrogen and oxygen atoms in total. The van der Waals surface area contributed by atoms with Crippen molar-refractivity contribution in [1.29, 1.82) is 0 Å². The van der Waals surface area contributed by atoms with Crippen LogP contribution in [0.25, 0.3) is 0 Å². The zero-order chi connectivity index (χ0) is 12.4. The number of hydrogen-bond acceptors (Lipinski definition) is 3. The average molecular weight is 234 g/mol. The number of carbonyl (C=O) groups is 2. The molecule has 0 saturated carbocycles. The molecule has 1 amide bonds. The molecule has 0 spiro atoms. The number of nitrogens with two attached hydrogens (primary N) is 1. The normalized spacial score (nSPS) is 18.6. The van der Waals surface area contributed by atoms with Gasteiger partial charge in [0.05, 0.1) is 6.54 Å². The quantitative estimate of drug-likeness (QED) is 0.753. The number of nitrogens with zero attached hydrogens (tertiary/aromatic N) is 1. The van der Waals surface area contributed by atoms with Crippen molar-refractivity contribution in [2.24, 2.45) is 5.73 Å². The van der Waals surface area contributed by atoms with Crippen molar-refractivity contribution in [3.05, 3.63) is 35.4 Å². The zero-order valence-electron chi connectivity index (χ0n) is 9.30. The summed E-state index contributed by atoms with van der Waals surface area (Å²) in [6.07, 6.45) is 0.344. The molecule has 1 aromatic rings. The van der Waals surface area contributed by atoms with Crippen molar-refractivity contribution in [3.63, 3.8) is 0 Å². The Labute approximate surface area is 98.8 Å². The Kier molecular flexibility index (Phi) is 3.10. The molecule has 5 heteroatoms. The van der Waals surface area contributed by atoms with Crippen LogP contribution in [0.3, 0.4) is 0 Å². The van der Waals surface area contributed by atoms with Gasteiger partial charge < -0.3 is 15.7 Å². The summed E-state index contributed by atoms with van der Waals surface area (Å²) in [5, 5.41) is 9.14. The van der Waals surface area contributed by atoms with E-state index in [1.54, 1.807) is 0 Å². The van der Waals surface area contributed by atoms with Gasteiger partial charge in [0.1, 0.15) is 6.04 Å². The minimum Gasteiger partial charge on any atom is -0.480 e. The summed E-state index contributed by atoms with van der Waals surface area (Å²) in [6.45, 7) is 0.162. The first-order chi connectivity index (χ1) is 8.13. The number of rotatable bonds is 2. The first-order valence-corrected chi connectivity index (χ1v) is 5.42. The van der Waals surface area contributed by atoms with Gasteiger partial charge in [-0.3, -0.25) is 4.79 Å². The number of benzene rings is 1. The molecule has 3 N–H and O–H groups in total. The maximum absolute atomic E-state index is 11.6. The van der Waals surface area contributed by atoms with Gasteiger partial charge in [0.25, 0.3) is 0 Å². The lowest BCUT2D eigenvalue weighted by Gasteiger charge is -2.34. The molecule has 0 fully saturated rings. The predicted molar refractivity (Wildman–Crippen MR) is 61.2 cm³/mol. The molecule has 1 aromatic carbocycles. The van der Waals surface area contributed by atoms with E-state index in [9.17, 15) is 9.59 Å². The highest BCUT2D eigenvalue weighted by Crippen LogP contribution is 2.23. The fraction of sp³-hybridized carbons (Fsp3) is 0.333. The number of amides is 1. The highest BCUT2D eigenvalue weighted by molar-refractivity contribution is 5.85. The molecule has 0 unspecified atom stereocenters. The predicted octanol–water partition coefficient (Wildman–Crippen LogP) is -0.0168. The molecule has 1 heterocycles. The molecule has 0 saturated heterocycles. The average Bonchev–Trinajstić information content (AvgIpc) is 2.36. The molecular formula is C12H14N2O3. The van der Waals surface area contributed by atoms with Crippen molar-refractivity contribution in [2.45, 2.75) is 19.0 Å². The summed E-state index contributed by atoms with van der Waals surface area (Å²) in [4.78, 5) is 24.1. The summed E-state index contributed by atoms with van der Waals surface area (Å²) in [5.74, 6) is -1.31. The first kappa shape index (κ1) is 11.6. The zero-order valence-corrected chi connectivity index (χ0v) is 9.30. The Morgan fingerprint density at radius 2 is 2.00 bits per heavy atom. The van der Waals surface area contributed by atoms with Crippen LogP contribution in [-0.2, 0) is 22.6 Å². The van der Waals surface area contributed by atoms with Crippen LogP contribution in [-0.4, -0.2) is 34.5 Å². The second-order valence-electron chi connectivity index (χ2n) is 4.05. The highest BCUT2D eigenvalue weighted by Gasteiger charge is 2.33. The number of carboxylic acid groups (broad SMARTS) is 1. The van der Waals surface area contributed by atoms with Crippen molar-refractivity contribution in [3.8, 4) is 0 Å². The fourth-order valence-electron chi connectivity index (χ4n) is 2.12. The van der Waals surface area contributed by atoms with Gasteiger partial charge >= 0.3 is 5.97 Å². The van der Waals surface area contributed by atoms with Crippen LogP contribution in [0.2, 0.25) is 0 Å². The summed E-state index contributed by atoms with van der Waals surface area (Å²) < 4.78 is 0. The Morgan fingerprint density at radius 3 is 2.59 bits per heavy atom. The Hall–Kier alpha value is -1.88. The lowest BCUT2D eigenvalue weighted by atomic mass is 9.94. The lowest BCUT2D eigenvalue weighted by Crippen LogP contribution is -2.50. The van der Waals surface area contributed by atoms with Gasteiger partial charge in [-0.15, -0.1) is 0 Å². The molecule has 2 rings (SSSR count). The summed E-state index contributed by atoms with van der Waals surface area (Å²) in [7, 11) is 0. The summed E-state index contributed by atoms with van der Waals surface area (Å²) in [5.41, 5.74) is 7.28. The standard InChI is InChI=1S/C12H14N2O3/c13-6-11(15)14-7-9-4-2-1-3-8(9)5-10(14)12(16)17/h1-4,10H,5-7,13H2,(H,16,17)/t10-/m0/s1. The van der Waals surface area contributed by atoms with Crippen LogP contribution in [0, 0.1) is 0 Å². The fourth-order valence-corrected chi connectivity index (χ4v) is 2.12. The third-order valence-electron chi connectivity index (χ3n) is 3.03. The molecule has 0 aliphatic carbocycles. The van der Waals surface area contributed by atoms with E-state index in [2.05, 4.69) is 0 Å². The molecule has 1 aliphatic rings. The van der Waals surface area contributed by atoms with Crippen LogP contribution in [0.4, 0.5) is 0 Å². The van der Waals surface area contributed by atoms with E-state index < -0.39 is 12.0 Å². The van der Waals surface area contributed by atoms with Gasteiger partial charge in [-0.1, -0.05) is 24.3 Å². The molecule has 0 bridgehead atoms. The van der Waals surface area contributed by atoms with Crippen LogP contribution < -0.4 is 5.73 Å². The monoisotopic (exact) mass is 234 g/mol. The van der Waals surface area contributed by atoms with E-state index >= 15 is 0 Å².